The zero-order valence-corrected chi connectivity index (χ0v) is 16.0. The van der Waals surface area contributed by atoms with Crippen LogP contribution >= 0.6 is 23.2 Å². The summed E-state index contributed by atoms with van der Waals surface area (Å²) in [7, 11) is 0. The lowest BCUT2D eigenvalue weighted by molar-refractivity contribution is -0.941. The lowest BCUT2D eigenvalue weighted by atomic mass is 10.1. The zero-order valence-electron chi connectivity index (χ0n) is 14.5. The molecule has 0 aromatic heterocycles. The van der Waals surface area contributed by atoms with Gasteiger partial charge in [0.05, 0.1) is 24.7 Å². The maximum atomic E-state index is 6.44. The summed E-state index contributed by atoms with van der Waals surface area (Å²) in [5, 5.41) is 1.54. The Hall–Kier alpha value is -0.240. The molecule has 1 aromatic carbocycles. The van der Waals surface area contributed by atoms with Crippen molar-refractivity contribution in [3.63, 3.8) is 0 Å². The first-order chi connectivity index (χ1) is 10.6. The third-order valence-electron chi connectivity index (χ3n) is 4.48. The van der Waals surface area contributed by atoms with Crippen LogP contribution in [0.4, 0.5) is 0 Å². The van der Waals surface area contributed by atoms with Gasteiger partial charge in [-0.1, -0.05) is 69.3 Å². The van der Waals surface area contributed by atoms with E-state index in [9.17, 15) is 0 Å². The van der Waals surface area contributed by atoms with E-state index in [-0.39, 0.29) is 0 Å². The molecule has 1 aromatic rings. The highest BCUT2D eigenvalue weighted by molar-refractivity contribution is 6.35. The molecule has 0 spiro atoms. The van der Waals surface area contributed by atoms with Crippen LogP contribution in [0, 0.1) is 0 Å². The van der Waals surface area contributed by atoms with Gasteiger partial charge in [0.2, 0.25) is 0 Å². The fourth-order valence-corrected chi connectivity index (χ4v) is 3.53. The molecule has 0 radical (unpaired) electrons. The van der Waals surface area contributed by atoms with Gasteiger partial charge < -0.3 is 4.48 Å². The van der Waals surface area contributed by atoms with E-state index in [2.05, 4.69) is 26.8 Å². The normalized spacial score (nSPS) is 11.9. The lowest BCUT2D eigenvalue weighted by Gasteiger charge is -2.39. The second-order valence-corrected chi connectivity index (χ2v) is 7.31. The van der Waals surface area contributed by atoms with Crippen molar-refractivity contribution in [2.75, 3.05) is 19.6 Å². The van der Waals surface area contributed by atoms with Crippen LogP contribution in [0.25, 0.3) is 0 Å². The summed E-state index contributed by atoms with van der Waals surface area (Å²) in [4.78, 5) is 0. The molecular weight excluding hydrogens is 313 g/mol. The van der Waals surface area contributed by atoms with Crippen LogP contribution in [-0.4, -0.2) is 24.1 Å². The molecule has 0 saturated carbocycles. The molecule has 0 aliphatic rings. The van der Waals surface area contributed by atoms with E-state index in [0.29, 0.717) is 0 Å². The predicted molar refractivity (Wildman–Crippen MR) is 99.8 cm³/mol. The van der Waals surface area contributed by atoms with Gasteiger partial charge in [-0.05, 0) is 31.4 Å². The number of rotatable bonds is 11. The average Bonchev–Trinajstić information content (AvgIpc) is 2.51. The first-order valence-electron chi connectivity index (χ1n) is 8.86. The van der Waals surface area contributed by atoms with Crippen molar-refractivity contribution in [3.8, 4) is 0 Å². The zero-order chi connectivity index (χ0) is 16.4. The van der Waals surface area contributed by atoms with Crippen molar-refractivity contribution in [3.05, 3.63) is 33.8 Å². The molecule has 0 saturated heterocycles. The number of benzene rings is 1. The molecule has 0 fully saturated rings. The summed E-state index contributed by atoms with van der Waals surface area (Å²) in [6, 6.07) is 5.96. The maximum absolute atomic E-state index is 6.44. The lowest BCUT2D eigenvalue weighted by Crippen LogP contribution is -2.49. The van der Waals surface area contributed by atoms with Gasteiger partial charge in [-0.15, -0.1) is 0 Å². The molecule has 0 aliphatic heterocycles. The molecule has 1 nitrogen and oxygen atoms in total. The van der Waals surface area contributed by atoms with Crippen molar-refractivity contribution < 1.29 is 4.48 Å². The standard InChI is InChI=1S/C19H32Cl2N/c1-4-7-12-22(13-8-5-2,14-9-6-3)16-17-10-11-18(20)15-19(17)21/h10-11,15H,4-9,12-14,16H2,1-3H3/q+1. The van der Waals surface area contributed by atoms with Crippen LogP contribution in [0.15, 0.2) is 18.2 Å². The Morgan fingerprint density at radius 2 is 1.32 bits per heavy atom. The van der Waals surface area contributed by atoms with Crippen LogP contribution in [0.2, 0.25) is 10.0 Å². The van der Waals surface area contributed by atoms with Crippen LogP contribution in [0.3, 0.4) is 0 Å². The molecule has 0 amide bonds. The van der Waals surface area contributed by atoms with Crippen molar-refractivity contribution in [1.82, 2.24) is 0 Å². The number of hydrogen-bond donors (Lipinski definition) is 0. The summed E-state index contributed by atoms with van der Waals surface area (Å²) >= 11 is 12.5. The molecule has 0 unspecified atom stereocenters. The number of unbranched alkanes of at least 4 members (excludes halogenated alkanes) is 3. The smallest absolute Gasteiger partial charge is 0.106 e. The predicted octanol–water partition coefficient (Wildman–Crippen LogP) is 6.71. The van der Waals surface area contributed by atoms with Gasteiger partial charge in [0.1, 0.15) is 6.54 Å². The van der Waals surface area contributed by atoms with E-state index < -0.39 is 0 Å². The second kappa shape index (κ2) is 10.5. The van der Waals surface area contributed by atoms with Crippen LogP contribution < -0.4 is 0 Å². The molecule has 0 N–H and O–H groups in total. The summed E-state index contributed by atoms with van der Waals surface area (Å²) in [6.45, 7) is 11.7. The van der Waals surface area contributed by atoms with Crippen LogP contribution in [-0.2, 0) is 6.54 Å². The minimum atomic E-state index is 0.725. The van der Waals surface area contributed by atoms with E-state index in [4.69, 9.17) is 23.2 Å². The van der Waals surface area contributed by atoms with Gasteiger partial charge in [-0.3, -0.25) is 0 Å². The van der Waals surface area contributed by atoms with Crippen molar-refractivity contribution in [2.45, 2.75) is 65.8 Å². The minimum Gasteiger partial charge on any atom is -0.320 e. The highest BCUT2D eigenvalue weighted by Crippen LogP contribution is 2.26. The number of hydrogen-bond acceptors (Lipinski definition) is 0. The summed E-state index contributed by atoms with van der Waals surface area (Å²) in [5.41, 5.74) is 1.24. The second-order valence-electron chi connectivity index (χ2n) is 6.47. The topological polar surface area (TPSA) is 0 Å². The molecule has 0 atom stereocenters. The van der Waals surface area contributed by atoms with Gasteiger partial charge in [-0.2, -0.15) is 0 Å². The van der Waals surface area contributed by atoms with Gasteiger partial charge in [0.25, 0.3) is 0 Å². The highest BCUT2D eigenvalue weighted by atomic mass is 35.5. The third-order valence-corrected chi connectivity index (χ3v) is 5.07. The minimum absolute atomic E-state index is 0.725. The summed E-state index contributed by atoms with van der Waals surface area (Å²) < 4.78 is 1.18. The van der Waals surface area contributed by atoms with Crippen molar-refractivity contribution in [2.24, 2.45) is 0 Å². The van der Waals surface area contributed by atoms with Crippen molar-refractivity contribution >= 4 is 23.2 Å². The Kier molecular flexibility index (Phi) is 9.47. The average molecular weight is 345 g/mol. The Bertz CT molecular complexity index is 410. The number of quaternary nitrogens is 1. The molecule has 1 rings (SSSR count). The molecular formula is C19H32Cl2N+. The van der Waals surface area contributed by atoms with Crippen LogP contribution in [0.1, 0.15) is 64.9 Å². The van der Waals surface area contributed by atoms with E-state index >= 15 is 0 Å². The Morgan fingerprint density at radius 1 is 0.818 bits per heavy atom. The molecule has 126 valence electrons. The Balaban J connectivity index is 2.97. The number of nitrogens with zero attached hydrogens (tertiary/aromatic N) is 1. The van der Waals surface area contributed by atoms with E-state index in [0.717, 1.165) is 16.6 Å². The Labute approximate surface area is 147 Å². The van der Waals surface area contributed by atoms with Crippen LogP contribution in [0.5, 0.6) is 0 Å². The van der Waals surface area contributed by atoms with Gasteiger partial charge in [-0.25, -0.2) is 0 Å². The molecule has 3 heteroatoms. The van der Waals surface area contributed by atoms with Gasteiger partial charge in [0.15, 0.2) is 0 Å². The molecule has 0 heterocycles. The van der Waals surface area contributed by atoms with E-state index in [1.54, 1.807) is 0 Å². The quantitative estimate of drug-likeness (QED) is 0.391. The summed E-state index contributed by atoms with van der Waals surface area (Å²) in [6.07, 6.45) is 7.64. The highest BCUT2D eigenvalue weighted by Gasteiger charge is 2.27. The largest absolute Gasteiger partial charge is 0.320 e. The SMILES string of the molecule is CCCC[N+](CCCC)(CCCC)Cc1ccc(Cl)cc1Cl. The fraction of sp³-hybridized carbons (Fsp3) is 0.684. The molecule has 0 bridgehead atoms. The van der Waals surface area contributed by atoms with E-state index in [1.165, 1.54) is 68.2 Å². The Morgan fingerprint density at radius 3 is 1.73 bits per heavy atom. The maximum Gasteiger partial charge on any atom is 0.106 e. The van der Waals surface area contributed by atoms with Gasteiger partial charge >= 0.3 is 0 Å². The summed E-state index contributed by atoms with van der Waals surface area (Å²) in [5.74, 6) is 0. The first kappa shape index (κ1) is 19.8. The molecule has 0 aliphatic carbocycles. The monoisotopic (exact) mass is 344 g/mol. The van der Waals surface area contributed by atoms with E-state index in [1.807, 2.05) is 12.1 Å². The fourth-order valence-electron chi connectivity index (χ4n) is 3.06. The molecule has 22 heavy (non-hydrogen) atoms. The number of halogens is 2. The first-order valence-corrected chi connectivity index (χ1v) is 9.61. The third kappa shape index (κ3) is 6.48. The van der Waals surface area contributed by atoms with Gasteiger partial charge in [0, 0.05) is 10.6 Å². The van der Waals surface area contributed by atoms with Crippen molar-refractivity contribution in [1.29, 1.82) is 0 Å².